The van der Waals surface area contributed by atoms with Crippen LogP contribution in [0.2, 0.25) is 0 Å². The lowest BCUT2D eigenvalue weighted by Crippen LogP contribution is -2.51. The zero-order valence-corrected chi connectivity index (χ0v) is 20.1. The van der Waals surface area contributed by atoms with Gasteiger partial charge in [-0.1, -0.05) is 6.07 Å². The third-order valence-electron chi connectivity index (χ3n) is 6.17. The number of aromatic nitrogens is 1. The van der Waals surface area contributed by atoms with Gasteiger partial charge in [-0.2, -0.15) is 0 Å². The highest BCUT2D eigenvalue weighted by Crippen LogP contribution is 2.30. The van der Waals surface area contributed by atoms with Crippen LogP contribution in [0.15, 0.2) is 29.1 Å². The molecule has 10 nitrogen and oxygen atoms in total. The Morgan fingerprint density at radius 1 is 1.32 bits per heavy atom. The number of nitrogens with zero attached hydrogens (tertiary/aromatic N) is 3. The van der Waals surface area contributed by atoms with Crippen molar-refractivity contribution in [2.45, 2.75) is 18.2 Å². The van der Waals surface area contributed by atoms with E-state index in [-0.39, 0.29) is 19.0 Å². The number of hydrogen-bond donors (Lipinski definition) is 3. The second-order valence-electron chi connectivity index (χ2n) is 8.63. The minimum atomic E-state index is -1.43. The highest BCUT2D eigenvalue weighted by molar-refractivity contribution is 7.07. The van der Waals surface area contributed by atoms with Gasteiger partial charge in [0.2, 0.25) is 0 Å². The van der Waals surface area contributed by atoms with Crippen molar-refractivity contribution in [3.63, 3.8) is 0 Å². The first-order valence-electron chi connectivity index (χ1n) is 11.4. The SMILES string of the molecule is COc1cc(CN2C[C@@H](O)[C@](O)(CNC(=O)c3cscn3)C2)ccc1OCCN1CCOCC1. The highest BCUT2D eigenvalue weighted by atomic mass is 32.1. The first kappa shape index (κ1) is 24.8. The first-order valence-corrected chi connectivity index (χ1v) is 12.3. The van der Waals surface area contributed by atoms with Crippen LogP contribution in [-0.4, -0.2) is 109 Å². The number of morpholine rings is 1. The fourth-order valence-electron chi connectivity index (χ4n) is 4.21. The summed E-state index contributed by atoms with van der Waals surface area (Å²) in [6, 6.07) is 5.76. The van der Waals surface area contributed by atoms with Crippen molar-refractivity contribution in [2.24, 2.45) is 0 Å². The average Bonchev–Trinajstić information content (AvgIpc) is 3.48. The molecule has 2 aliphatic heterocycles. The molecule has 3 heterocycles. The lowest BCUT2D eigenvalue weighted by molar-refractivity contribution is -0.0377. The van der Waals surface area contributed by atoms with E-state index in [4.69, 9.17) is 14.2 Å². The molecule has 0 radical (unpaired) electrons. The molecule has 0 bridgehead atoms. The standard InChI is InChI=1S/C23H32N4O6S/c1-31-20-10-17(2-3-19(20)33-9-6-26-4-7-32-8-5-26)11-27-12-21(28)23(30,15-27)14-24-22(29)18-13-34-16-25-18/h2-3,10,13,16,21,28,30H,4-9,11-12,14-15H2,1H3,(H,24,29)/t21-,23+/m1/s1. The second-order valence-corrected chi connectivity index (χ2v) is 9.35. The van der Waals surface area contributed by atoms with E-state index >= 15 is 0 Å². The van der Waals surface area contributed by atoms with E-state index < -0.39 is 11.7 Å². The molecule has 34 heavy (non-hydrogen) atoms. The Hall–Kier alpha value is -2.28. The molecule has 3 N–H and O–H groups in total. The summed E-state index contributed by atoms with van der Waals surface area (Å²) in [5.41, 5.74) is 1.42. The van der Waals surface area contributed by atoms with Crippen LogP contribution in [-0.2, 0) is 11.3 Å². The summed E-state index contributed by atoms with van der Waals surface area (Å²) >= 11 is 1.32. The van der Waals surface area contributed by atoms with Crippen molar-refractivity contribution >= 4 is 17.2 Å². The predicted octanol–water partition coefficient (Wildman–Crippen LogP) is 0.200. The molecule has 2 aliphatic rings. The van der Waals surface area contributed by atoms with Gasteiger partial charge in [-0.25, -0.2) is 4.98 Å². The van der Waals surface area contributed by atoms with Gasteiger partial charge in [0.15, 0.2) is 11.5 Å². The van der Waals surface area contributed by atoms with Crippen LogP contribution < -0.4 is 14.8 Å². The molecular formula is C23H32N4O6S. The monoisotopic (exact) mass is 492 g/mol. The Labute approximate surface area is 203 Å². The molecule has 0 unspecified atom stereocenters. The molecule has 4 rings (SSSR count). The number of carbonyl (C=O) groups excluding carboxylic acids is 1. The van der Waals surface area contributed by atoms with Gasteiger partial charge >= 0.3 is 0 Å². The topological polar surface area (TPSA) is 117 Å². The smallest absolute Gasteiger partial charge is 0.270 e. The van der Waals surface area contributed by atoms with Gasteiger partial charge in [-0.15, -0.1) is 11.3 Å². The Morgan fingerprint density at radius 3 is 2.88 bits per heavy atom. The minimum absolute atomic E-state index is 0.0553. The van der Waals surface area contributed by atoms with E-state index in [0.29, 0.717) is 36.9 Å². The maximum atomic E-state index is 12.1. The van der Waals surface area contributed by atoms with Gasteiger partial charge in [-0.3, -0.25) is 14.6 Å². The van der Waals surface area contributed by atoms with E-state index in [1.807, 2.05) is 23.1 Å². The summed E-state index contributed by atoms with van der Waals surface area (Å²) in [5, 5.41) is 25.7. The third kappa shape index (κ3) is 6.23. The molecule has 1 aromatic carbocycles. The molecule has 2 saturated heterocycles. The van der Waals surface area contributed by atoms with Gasteiger partial charge in [0.05, 0.1) is 38.5 Å². The molecule has 1 aromatic heterocycles. The first-order chi connectivity index (χ1) is 16.5. The molecule has 0 saturated carbocycles. The summed E-state index contributed by atoms with van der Waals surface area (Å²) in [6.07, 6.45) is -0.979. The highest BCUT2D eigenvalue weighted by Gasteiger charge is 2.44. The largest absolute Gasteiger partial charge is 0.493 e. The number of aliphatic hydroxyl groups excluding tert-OH is 1. The number of β-amino-alcohol motifs (C(OH)–C–C–N with tert-alkyl or cyclic N) is 2. The summed E-state index contributed by atoms with van der Waals surface area (Å²) in [4.78, 5) is 20.4. The third-order valence-corrected chi connectivity index (χ3v) is 6.76. The van der Waals surface area contributed by atoms with Crippen LogP contribution in [0.4, 0.5) is 0 Å². The van der Waals surface area contributed by atoms with Crippen LogP contribution in [0.5, 0.6) is 11.5 Å². The van der Waals surface area contributed by atoms with Gasteiger partial charge in [-0.05, 0) is 17.7 Å². The average molecular weight is 493 g/mol. The van der Waals surface area contributed by atoms with E-state index in [1.54, 1.807) is 18.0 Å². The second kappa shape index (κ2) is 11.4. The quantitative estimate of drug-likeness (QED) is 0.428. The van der Waals surface area contributed by atoms with Crippen LogP contribution in [0.3, 0.4) is 0 Å². The minimum Gasteiger partial charge on any atom is -0.493 e. The van der Waals surface area contributed by atoms with Gasteiger partial charge in [0.1, 0.15) is 17.9 Å². The number of amides is 1. The van der Waals surface area contributed by atoms with E-state index in [2.05, 4.69) is 15.2 Å². The Bertz CT molecular complexity index is 940. The summed E-state index contributed by atoms with van der Waals surface area (Å²) < 4.78 is 16.8. The molecule has 11 heteroatoms. The number of aliphatic hydroxyl groups is 2. The van der Waals surface area contributed by atoms with E-state index in [1.165, 1.54) is 11.3 Å². The number of ether oxygens (including phenoxy) is 3. The maximum absolute atomic E-state index is 12.1. The maximum Gasteiger partial charge on any atom is 0.270 e. The summed E-state index contributed by atoms with van der Waals surface area (Å²) in [6.45, 7) is 5.74. The van der Waals surface area contributed by atoms with Gasteiger partial charge in [0, 0.05) is 44.6 Å². The molecule has 2 aromatic rings. The molecule has 2 atom stereocenters. The molecule has 186 valence electrons. The molecular weight excluding hydrogens is 460 g/mol. The van der Waals surface area contributed by atoms with Crippen LogP contribution >= 0.6 is 11.3 Å². The van der Waals surface area contributed by atoms with E-state index in [0.717, 1.165) is 38.4 Å². The lowest BCUT2D eigenvalue weighted by atomic mass is 10.0. The van der Waals surface area contributed by atoms with Gasteiger partial charge < -0.3 is 29.7 Å². The number of thiazole rings is 1. The fraction of sp³-hybridized carbons (Fsp3) is 0.565. The van der Waals surface area contributed by atoms with Crippen molar-refractivity contribution < 1.29 is 29.2 Å². The van der Waals surface area contributed by atoms with Crippen LogP contribution in [0.25, 0.3) is 0 Å². The lowest BCUT2D eigenvalue weighted by Gasteiger charge is -2.26. The predicted molar refractivity (Wildman–Crippen MR) is 126 cm³/mol. The number of methoxy groups -OCH3 is 1. The molecule has 2 fully saturated rings. The Kier molecular flexibility index (Phi) is 8.35. The van der Waals surface area contributed by atoms with Crippen LogP contribution in [0.1, 0.15) is 16.1 Å². The molecule has 0 aliphatic carbocycles. The van der Waals surface area contributed by atoms with Crippen LogP contribution in [0, 0.1) is 0 Å². The normalized spacial score (nSPS) is 23.7. The van der Waals surface area contributed by atoms with Crippen molar-refractivity contribution in [1.29, 1.82) is 0 Å². The fourth-order valence-corrected chi connectivity index (χ4v) is 4.74. The number of carbonyl (C=O) groups is 1. The Balaban J connectivity index is 1.29. The number of rotatable bonds is 10. The zero-order chi connectivity index (χ0) is 24.0. The van der Waals surface area contributed by atoms with Gasteiger partial charge in [0.25, 0.3) is 5.91 Å². The number of likely N-dealkylation sites (tertiary alicyclic amines) is 1. The number of benzene rings is 1. The summed E-state index contributed by atoms with van der Waals surface area (Å²) in [7, 11) is 1.61. The Morgan fingerprint density at radius 2 is 2.15 bits per heavy atom. The van der Waals surface area contributed by atoms with E-state index in [9.17, 15) is 15.0 Å². The molecule has 1 amide bonds. The van der Waals surface area contributed by atoms with Crippen molar-refractivity contribution in [3.8, 4) is 11.5 Å². The van der Waals surface area contributed by atoms with Crippen molar-refractivity contribution in [3.05, 3.63) is 40.3 Å². The number of nitrogens with one attached hydrogen (secondary N) is 1. The van der Waals surface area contributed by atoms with Crippen molar-refractivity contribution in [1.82, 2.24) is 20.1 Å². The molecule has 0 spiro atoms. The number of hydrogen-bond acceptors (Lipinski definition) is 10. The van der Waals surface area contributed by atoms with Crippen molar-refractivity contribution in [2.75, 3.05) is 66.2 Å². The zero-order valence-electron chi connectivity index (χ0n) is 19.3. The summed E-state index contributed by atoms with van der Waals surface area (Å²) in [5.74, 6) is 0.960.